The van der Waals surface area contributed by atoms with Gasteiger partial charge in [-0.25, -0.2) is 0 Å². The van der Waals surface area contributed by atoms with Crippen LogP contribution in [-0.4, -0.2) is 20.1 Å². The van der Waals surface area contributed by atoms with Crippen LogP contribution in [0.5, 0.6) is 11.5 Å². The molecule has 0 atom stereocenters. The number of benzene rings is 2. The van der Waals surface area contributed by atoms with E-state index < -0.39 is 0 Å². The van der Waals surface area contributed by atoms with Crippen LogP contribution < -0.4 is 20.5 Å². The Hall–Kier alpha value is -1.96. The molecule has 0 fully saturated rings. The van der Waals surface area contributed by atoms with E-state index in [-0.39, 0.29) is 5.91 Å². The molecule has 0 aliphatic heterocycles. The molecule has 0 heterocycles. The predicted octanol–water partition coefficient (Wildman–Crippen LogP) is 3.14. The molecule has 0 saturated heterocycles. The van der Waals surface area contributed by atoms with Crippen molar-refractivity contribution in [2.24, 2.45) is 0 Å². The van der Waals surface area contributed by atoms with Gasteiger partial charge < -0.3 is 20.5 Å². The fourth-order valence-electron chi connectivity index (χ4n) is 1.83. The first-order valence-corrected chi connectivity index (χ1v) is 7.21. The molecule has 6 heteroatoms. The van der Waals surface area contributed by atoms with Crippen molar-refractivity contribution < 1.29 is 14.3 Å². The summed E-state index contributed by atoms with van der Waals surface area (Å²) >= 11 is 2.16. The summed E-state index contributed by atoms with van der Waals surface area (Å²) in [6, 6.07) is 10.5. The Kier molecular flexibility index (Phi) is 4.89. The normalized spacial score (nSPS) is 10.0. The summed E-state index contributed by atoms with van der Waals surface area (Å²) in [5.74, 6) is 0.791. The molecule has 2 rings (SSSR count). The molecule has 0 aliphatic rings. The number of hydrogen-bond acceptors (Lipinski definition) is 4. The third-order valence-electron chi connectivity index (χ3n) is 2.89. The van der Waals surface area contributed by atoms with Crippen LogP contribution in [0, 0.1) is 3.57 Å². The van der Waals surface area contributed by atoms with E-state index in [2.05, 4.69) is 27.9 Å². The van der Waals surface area contributed by atoms with Gasteiger partial charge >= 0.3 is 0 Å². The van der Waals surface area contributed by atoms with Gasteiger partial charge in [-0.05, 0) is 40.8 Å². The number of carbonyl (C=O) groups excluding carboxylic acids is 1. The Morgan fingerprint density at radius 1 is 1.14 bits per heavy atom. The van der Waals surface area contributed by atoms with Crippen LogP contribution in [0.1, 0.15) is 10.4 Å². The number of nitrogen functional groups attached to an aromatic ring is 1. The SMILES string of the molecule is COc1cc(N)c(NC(=O)c2cccc(I)c2)cc1OC. The molecule has 3 N–H and O–H groups in total. The molecular weight excluding hydrogens is 383 g/mol. The standard InChI is InChI=1S/C15H15IN2O3/c1-20-13-7-11(17)12(8-14(13)21-2)18-15(19)9-4-3-5-10(16)6-9/h3-8H,17H2,1-2H3,(H,18,19). The zero-order chi connectivity index (χ0) is 15.4. The Morgan fingerprint density at radius 3 is 2.43 bits per heavy atom. The lowest BCUT2D eigenvalue weighted by Crippen LogP contribution is -2.13. The van der Waals surface area contributed by atoms with E-state index in [0.717, 1.165) is 3.57 Å². The number of anilines is 2. The lowest BCUT2D eigenvalue weighted by Gasteiger charge is -2.13. The summed E-state index contributed by atoms with van der Waals surface area (Å²) in [7, 11) is 3.06. The fourth-order valence-corrected chi connectivity index (χ4v) is 2.37. The molecule has 2 aromatic carbocycles. The highest BCUT2D eigenvalue weighted by Crippen LogP contribution is 2.35. The smallest absolute Gasteiger partial charge is 0.255 e. The first kappa shape index (κ1) is 15.4. The number of nitrogens with two attached hydrogens (primary N) is 1. The average molecular weight is 398 g/mol. The minimum absolute atomic E-state index is 0.229. The van der Waals surface area contributed by atoms with Gasteiger partial charge in [0.15, 0.2) is 11.5 Å². The van der Waals surface area contributed by atoms with E-state index in [1.165, 1.54) is 14.2 Å². The van der Waals surface area contributed by atoms with Gasteiger partial charge in [-0.15, -0.1) is 0 Å². The van der Waals surface area contributed by atoms with E-state index >= 15 is 0 Å². The van der Waals surface area contributed by atoms with Gasteiger partial charge in [0.05, 0.1) is 25.6 Å². The fraction of sp³-hybridized carbons (Fsp3) is 0.133. The summed E-state index contributed by atoms with van der Waals surface area (Å²) < 4.78 is 11.4. The number of halogens is 1. The summed E-state index contributed by atoms with van der Waals surface area (Å²) in [5.41, 5.74) is 7.38. The summed E-state index contributed by atoms with van der Waals surface area (Å²) in [5, 5.41) is 2.78. The van der Waals surface area contributed by atoms with Crippen LogP contribution >= 0.6 is 22.6 Å². The monoisotopic (exact) mass is 398 g/mol. The predicted molar refractivity (Wildman–Crippen MR) is 91.1 cm³/mol. The van der Waals surface area contributed by atoms with Gasteiger partial charge in [-0.2, -0.15) is 0 Å². The largest absolute Gasteiger partial charge is 0.493 e. The highest BCUT2D eigenvalue weighted by molar-refractivity contribution is 14.1. The Morgan fingerprint density at radius 2 is 1.81 bits per heavy atom. The molecule has 0 saturated carbocycles. The molecule has 5 nitrogen and oxygen atoms in total. The second-order valence-electron chi connectivity index (χ2n) is 4.26. The zero-order valence-corrected chi connectivity index (χ0v) is 13.8. The average Bonchev–Trinajstić information content (AvgIpc) is 2.48. The molecule has 21 heavy (non-hydrogen) atoms. The molecule has 0 bridgehead atoms. The van der Waals surface area contributed by atoms with Crippen molar-refractivity contribution in [2.75, 3.05) is 25.3 Å². The second-order valence-corrected chi connectivity index (χ2v) is 5.50. The molecule has 0 aliphatic carbocycles. The van der Waals surface area contributed by atoms with E-state index in [9.17, 15) is 4.79 Å². The third-order valence-corrected chi connectivity index (χ3v) is 3.56. The van der Waals surface area contributed by atoms with Crippen LogP contribution in [0.2, 0.25) is 0 Å². The van der Waals surface area contributed by atoms with Gasteiger partial charge in [-0.1, -0.05) is 6.07 Å². The number of hydrogen-bond donors (Lipinski definition) is 2. The zero-order valence-electron chi connectivity index (χ0n) is 11.6. The number of carbonyl (C=O) groups is 1. The van der Waals surface area contributed by atoms with Gasteiger partial charge in [0, 0.05) is 21.3 Å². The van der Waals surface area contributed by atoms with Crippen LogP contribution in [0.4, 0.5) is 11.4 Å². The topological polar surface area (TPSA) is 73.6 Å². The van der Waals surface area contributed by atoms with Crippen molar-refractivity contribution in [3.05, 3.63) is 45.5 Å². The molecular formula is C15H15IN2O3. The van der Waals surface area contributed by atoms with Gasteiger partial charge in [0.25, 0.3) is 5.91 Å². The number of nitrogens with one attached hydrogen (secondary N) is 1. The molecule has 0 aromatic heterocycles. The molecule has 0 spiro atoms. The number of methoxy groups -OCH3 is 2. The van der Waals surface area contributed by atoms with Crippen LogP contribution in [0.3, 0.4) is 0 Å². The maximum absolute atomic E-state index is 12.2. The molecule has 1 amide bonds. The Labute approximate surface area is 136 Å². The number of ether oxygens (including phenoxy) is 2. The van der Waals surface area contributed by atoms with Crippen molar-refractivity contribution in [1.82, 2.24) is 0 Å². The van der Waals surface area contributed by atoms with Crippen molar-refractivity contribution in [1.29, 1.82) is 0 Å². The third kappa shape index (κ3) is 3.57. The van der Waals surface area contributed by atoms with Gasteiger partial charge in [0.2, 0.25) is 0 Å². The number of rotatable bonds is 4. The van der Waals surface area contributed by atoms with Crippen LogP contribution in [-0.2, 0) is 0 Å². The van der Waals surface area contributed by atoms with E-state index in [1.54, 1.807) is 24.3 Å². The summed E-state index contributed by atoms with van der Waals surface area (Å²) in [4.78, 5) is 12.2. The number of amides is 1. The molecule has 0 radical (unpaired) electrons. The van der Waals surface area contributed by atoms with Crippen molar-refractivity contribution in [3.8, 4) is 11.5 Å². The molecule has 2 aromatic rings. The Bertz CT molecular complexity index is 674. The van der Waals surface area contributed by atoms with E-state index in [4.69, 9.17) is 15.2 Å². The second kappa shape index (κ2) is 6.66. The summed E-state index contributed by atoms with van der Waals surface area (Å²) in [6.07, 6.45) is 0. The van der Waals surface area contributed by atoms with Crippen molar-refractivity contribution in [3.63, 3.8) is 0 Å². The van der Waals surface area contributed by atoms with Crippen molar-refractivity contribution in [2.45, 2.75) is 0 Å². The minimum atomic E-state index is -0.229. The first-order valence-electron chi connectivity index (χ1n) is 6.13. The van der Waals surface area contributed by atoms with Gasteiger partial charge in [0.1, 0.15) is 0 Å². The Balaban J connectivity index is 2.29. The van der Waals surface area contributed by atoms with E-state index in [0.29, 0.717) is 28.4 Å². The highest BCUT2D eigenvalue weighted by atomic mass is 127. The lowest BCUT2D eigenvalue weighted by molar-refractivity contribution is 0.102. The quantitative estimate of drug-likeness (QED) is 0.613. The lowest BCUT2D eigenvalue weighted by atomic mass is 10.2. The molecule has 110 valence electrons. The maximum atomic E-state index is 12.2. The highest BCUT2D eigenvalue weighted by Gasteiger charge is 2.13. The van der Waals surface area contributed by atoms with Crippen LogP contribution in [0.25, 0.3) is 0 Å². The first-order chi connectivity index (χ1) is 10.0. The maximum Gasteiger partial charge on any atom is 0.255 e. The minimum Gasteiger partial charge on any atom is -0.493 e. The van der Waals surface area contributed by atoms with Crippen LogP contribution in [0.15, 0.2) is 36.4 Å². The summed E-state index contributed by atoms with van der Waals surface area (Å²) in [6.45, 7) is 0. The molecule has 0 unspecified atom stereocenters. The van der Waals surface area contributed by atoms with Gasteiger partial charge in [-0.3, -0.25) is 4.79 Å². The van der Waals surface area contributed by atoms with E-state index in [1.807, 2.05) is 12.1 Å². The van der Waals surface area contributed by atoms with Crippen molar-refractivity contribution >= 4 is 39.9 Å².